The minimum absolute atomic E-state index is 0.000751. The molecule has 228 valence electrons. The molecule has 8 atom stereocenters. The highest BCUT2D eigenvalue weighted by molar-refractivity contribution is 5.95. The third-order valence-corrected chi connectivity index (χ3v) is 9.94. The normalized spacial score (nSPS) is 30.8. The van der Waals surface area contributed by atoms with Crippen LogP contribution < -0.4 is 16.0 Å². The van der Waals surface area contributed by atoms with E-state index in [2.05, 4.69) is 34.8 Å². The molecule has 0 spiro atoms. The maximum absolute atomic E-state index is 14.2. The molecule has 0 radical (unpaired) electrons. The molecule has 2 aliphatic carbocycles. The second kappa shape index (κ2) is 11.1. The summed E-state index contributed by atoms with van der Waals surface area (Å²) in [5, 5.41) is 8.96. The molecule has 2 heterocycles. The quantitative estimate of drug-likeness (QED) is 0.389. The minimum Gasteiger partial charge on any atom is -0.356 e. The third-order valence-electron chi connectivity index (χ3n) is 9.94. The predicted molar refractivity (Wildman–Crippen MR) is 157 cm³/mol. The topological polar surface area (TPSA) is 120 Å². The van der Waals surface area contributed by atoms with Gasteiger partial charge in [-0.2, -0.15) is 0 Å². The van der Waals surface area contributed by atoms with E-state index >= 15 is 0 Å². The van der Waals surface area contributed by atoms with E-state index in [1.165, 1.54) is 12.1 Å². The van der Waals surface area contributed by atoms with Crippen molar-refractivity contribution in [2.75, 3.05) is 20.1 Å². The lowest BCUT2D eigenvalue weighted by atomic mass is 9.85. The summed E-state index contributed by atoms with van der Waals surface area (Å²) in [7, 11) is 1.64. The number of fused-ring (bicyclic) bond motifs is 1. The van der Waals surface area contributed by atoms with Crippen LogP contribution in [0.15, 0.2) is 29.3 Å². The van der Waals surface area contributed by atoms with Gasteiger partial charge in [0, 0.05) is 38.2 Å². The maximum Gasteiger partial charge on any atom is 0.246 e. The van der Waals surface area contributed by atoms with Crippen LogP contribution in [0.1, 0.15) is 65.4 Å². The molecule has 2 saturated heterocycles. The zero-order valence-electron chi connectivity index (χ0n) is 25.4. The highest BCUT2D eigenvalue weighted by atomic mass is 19.1. The lowest BCUT2D eigenvalue weighted by Crippen LogP contribution is -2.60. The van der Waals surface area contributed by atoms with Gasteiger partial charge in [0.15, 0.2) is 0 Å². The number of benzene rings is 1. The van der Waals surface area contributed by atoms with Crippen molar-refractivity contribution >= 4 is 29.8 Å². The number of nitrogens with zero attached hydrogens (tertiary/aromatic N) is 2. The van der Waals surface area contributed by atoms with Crippen molar-refractivity contribution in [2.24, 2.45) is 39.5 Å². The van der Waals surface area contributed by atoms with E-state index in [1.807, 2.05) is 20.8 Å². The summed E-state index contributed by atoms with van der Waals surface area (Å²) in [5.74, 6) is -1.30. The Kier molecular flexibility index (Phi) is 7.96. The molecule has 42 heavy (non-hydrogen) atoms. The number of piperidine rings is 1. The molecule has 0 bridgehead atoms. The first kappa shape index (κ1) is 30.2. The number of halogens is 1. The van der Waals surface area contributed by atoms with Crippen LogP contribution in [0.25, 0.3) is 0 Å². The zero-order chi connectivity index (χ0) is 30.6. The Morgan fingerprint density at radius 2 is 1.86 bits per heavy atom. The molecule has 4 fully saturated rings. The van der Waals surface area contributed by atoms with Gasteiger partial charge >= 0.3 is 0 Å². The number of hydrogen-bond donors (Lipinski definition) is 3. The van der Waals surface area contributed by atoms with Gasteiger partial charge in [0.1, 0.15) is 17.9 Å². The largest absolute Gasteiger partial charge is 0.356 e. The molecular weight excluding hydrogens is 537 g/mol. The number of amides is 4. The fourth-order valence-electron chi connectivity index (χ4n) is 7.22. The molecule has 3 N–H and O–H groups in total. The first-order valence-corrected chi connectivity index (χ1v) is 15.1. The Hall–Kier alpha value is -3.30. The van der Waals surface area contributed by atoms with Gasteiger partial charge in [-0.25, -0.2) is 4.39 Å². The van der Waals surface area contributed by atoms with E-state index in [1.54, 1.807) is 30.3 Å². The van der Waals surface area contributed by atoms with Crippen molar-refractivity contribution < 1.29 is 23.6 Å². The number of carbonyl (C=O) groups is 4. The Morgan fingerprint density at radius 3 is 2.45 bits per heavy atom. The van der Waals surface area contributed by atoms with E-state index in [0.29, 0.717) is 32.4 Å². The zero-order valence-corrected chi connectivity index (χ0v) is 25.4. The second-order valence-corrected chi connectivity index (χ2v) is 14.2. The van der Waals surface area contributed by atoms with Crippen molar-refractivity contribution in [1.82, 2.24) is 20.9 Å². The number of carbonyl (C=O) groups excluding carboxylic acids is 4. The van der Waals surface area contributed by atoms with Crippen LogP contribution in [0.3, 0.4) is 0 Å². The summed E-state index contributed by atoms with van der Waals surface area (Å²) in [4.78, 5) is 59.4. The monoisotopic (exact) mass is 581 g/mol. The van der Waals surface area contributed by atoms with Crippen molar-refractivity contribution in [3.8, 4) is 0 Å². The van der Waals surface area contributed by atoms with Gasteiger partial charge in [-0.1, -0.05) is 46.8 Å². The average Bonchev–Trinajstić information content (AvgIpc) is 3.66. The fourth-order valence-corrected chi connectivity index (χ4v) is 7.22. The predicted octanol–water partition coefficient (Wildman–Crippen LogP) is 2.65. The van der Waals surface area contributed by atoms with E-state index in [0.717, 1.165) is 5.56 Å². The van der Waals surface area contributed by atoms with Gasteiger partial charge < -0.3 is 20.9 Å². The van der Waals surface area contributed by atoms with E-state index in [4.69, 9.17) is 0 Å². The van der Waals surface area contributed by atoms with Crippen molar-refractivity contribution in [3.05, 3.63) is 35.6 Å². The Morgan fingerprint density at radius 1 is 1.17 bits per heavy atom. The van der Waals surface area contributed by atoms with E-state index < -0.39 is 23.5 Å². The summed E-state index contributed by atoms with van der Waals surface area (Å²) in [6, 6.07) is 4.30. The Balaban J connectivity index is 1.30. The standard InChI is InChI=1S/C32H44FN5O4/c1-31(2,3)26(37-28(40)22-14-21(22)17-7-9-19(33)10-8-17)30(42)38-16-23-24(32(23,4)5)25(38)29(41)36-20(15-34-6)13-18-11-12-35-27(18)39/h7-10,15,18,20-26H,11-14,16H2,1-6H3,(H,35,39)(H,36,41)(H,37,40). The number of likely N-dealkylation sites (tertiary alicyclic amines) is 1. The van der Waals surface area contributed by atoms with Crippen molar-refractivity contribution in [3.63, 3.8) is 0 Å². The molecule has 8 unspecified atom stereocenters. The molecule has 10 heteroatoms. The van der Waals surface area contributed by atoms with Gasteiger partial charge in [0.25, 0.3) is 0 Å². The number of aliphatic imine (C=N–C) groups is 1. The van der Waals surface area contributed by atoms with Crippen LogP contribution in [0.2, 0.25) is 0 Å². The number of nitrogens with one attached hydrogen (secondary N) is 3. The summed E-state index contributed by atoms with van der Waals surface area (Å²) in [5.41, 5.74) is 0.243. The molecule has 1 aromatic rings. The average molecular weight is 582 g/mol. The number of rotatable bonds is 9. The first-order valence-electron chi connectivity index (χ1n) is 15.1. The summed E-state index contributed by atoms with van der Waals surface area (Å²) in [6.07, 6.45) is 3.47. The smallest absolute Gasteiger partial charge is 0.246 e. The van der Waals surface area contributed by atoms with Crippen LogP contribution >= 0.6 is 0 Å². The van der Waals surface area contributed by atoms with E-state index in [9.17, 15) is 23.6 Å². The maximum atomic E-state index is 14.2. The highest BCUT2D eigenvalue weighted by Crippen LogP contribution is 2.65. The van der Waals surface area contributed by atoms with Gasteiger partial charge in [0.05, 0.1) is 6.04 Å². The lowest BCUT2D eigenvalue weighted by molar-refractivity contribution is -0.145. The fraction of sp³-hybridized carbons (Fsp3) is 0.656. The molecule has 0 aromatic heterocycles. The molecule has 1 aromatic carbocycles. The van der Waals surface area contributed by atoms with Crippen LogP contribution in [0.4, 0.5) is 4.39 Å². The second-order valence-electron chi connectivity index (χ2n) is 14.2. The molecule has 5 rings (SSSR count). The minimum atomic E-state index is -0.814. The first-order chi connectivity index (χ1) is 19.7. The molecule has 4 amide bonds. The third kappa shape index (κ3) is 5.81. The summed E-state index contributed by atoms with van der Waals surface area (Å²) >= 11 is 0. The van der Waals surface area contributed by atoms with Gasteiger partial charge in [0.2, 0.25) is 23.6 Å². The summed E-state index contributed by atoms with van der Waals surface area (Å²) in [6.45, 7) is 11.1. The summed E-state index contributed by atoms with van der Waals surface area (Å²) < 4.78 is 13.4. The van der Waals surface area contributed by atoms with Crippen LogP contribution in [0.5, 0.6) is 0 Å². The Bertz CT molecular complexity index is 1270. The molecule has 2 aliphatic heterocycles. The van der Waals surface area contributed by atoms with E-state index in [-0.39, 0.29) is 64.5 Å². The van der Waals surface area contributed by atoms with Crippen LogP contribution in [-0.2, 0) is 19.2 Å². The Labute approximate surface area is 247 Å². The molecule has 4 aliphatic rings. The van der Waals surface area contributed by atoms with Crippen molar-refractivity contribution in [2.45, 2.75) is 77.9 Å². The van der Waals surface area contributed by atoms with Crippen LogP contribution in [-0.4, -0.2) is 73.0 Å². The van der Waals surface area contributed by atoms with Crippen molar-refractivity contribution in [1.29, 1.82) is 0 Å². The lowest BCUT2D eigenvalue weighted by Gasteiger charge is -2.38. The molecule has 2 saturated carbocycles. The SMILES string of the molecule is CN=CC(CC1CCNC1=O)NC(=O)C1C2C(CN1C(=O)C(NC(=O)C1CC1c1ccc(F)cc1)C(C)(C)C)C2(C)C. The molecule has 9 nitrogen and oxygen atoms in total. The van der Waals surface area contributed by atoms with Gasteiger partial charge in [-0.15, -0.1) is 0 Å². The van der Waals surface area contributed by atoms with Gasteiger partial charge in [-0.05, 0) is 65.5 Å². The highest BCUT2D eigenvalue weighted by Gasteiger charge is 2.70. The molecular formula is C32H44FN5O4. The van der Waals surface area contributed by atoms with Gasteiger partial charge in [-0.3, -0.25) is 24.2 Å². The number of hydrogen-bond acceptors (Lipinski definition) is 5. The van der Waals surface area contributed by atoms with Crippen LogP contribution in [0, 0.1) is 40.3 Å².